The number of rotatable bonds is 16. The van der Waals surface area contributed by atoms with E-state index >= 15 is 0 Å². The second-order valence-corrected chi connectivity index (χ2v) is 9.05. The fourth-order valence-electron chi connectivity index (χ4n) is 3.44. The molecule has 0 aromatic heterocycles. The van der Waals surface area contributed by atoms with Crippen molar-refractivity contribution >= 4 is 29.7 Å². The van der Waals surface area contributed by atoms with Crippen LogP contribution in [0.15, 0.2) is 24.3 Å². The minimum atomic E-state index is -1.68. The van der Waals surface area contributed by atoms with Crippen molar-refractivity contribution < 1.29 is 39.3 Å². The summed E-state index contributed by atoms with van der Waals surface area (Å²) in [4.78, 5) is 60.8. The molecular weight excluding hydrogens is 486 g/mol. The summed E-state index contributed by atoms with van der Waals surface area (Å²) in [6.45, 7) is 3.61. The number of hydrogen-bond donors (Lipinski definition) is 8. The minimum absolute atomic E-state index is 0.0693. The number of phenols is 1. The molecule has 1 aromatic carbocycles. The van der Waals surface area contributed by atoms with Crippen molar-refractivity contribution in [1.82, 2.24) is 16.0 Å². The van der Waals surface area contributed by atoms with Gasteiger partial charge in [-0.15, -0.1) is 0 Å². The number of amides is 3. The molecule has 37 heavy (non-hydrogen) atoms. The zero-order chi connectivity index (χ0) is 28.1. The number of nitrogens with one attached hydrogen (secondary N) is 3. The van der Waals surface area contributed by atoms with Crippen LogP contribution in [0.5, 0.6) is 5.75 Å². The first-order valence-corrected chi connectivity index (χ1v) is 11.9. The Morgan fingerprint density at radius 3 is 1.97 bits per heavy atom. The summed E-state index contributed by atoms with van der Waals surface area (Å²) in [5.41, 5.74) is 12.3. The molecule has 0 heterocycles. The fraction of sp³-hybridized carbons (Fsp3) is 0.542. The number of carboxylic acids is 2. The fourth-order valence-corrected chi connectivity index (χ4v) is 3.44. The summed E-state index contributed by atoms with van der Waals surface area (Å²) in [7, 11) is 0. The van der Waals surface area contributed by atoms with Crippen molar-refractivity contribution in [3.8, 4) is 5.75 Å². The third kappa shape index (κ3) is 11.3. The van der Waals surface area contributed by atoms with Gasteiger partial charge in [0.15, 0.2) is 0 Å². The Morgan fingerprint density at radius 1 is 0.865 bits per heavy atom. The third-order valence-corrected chi connectivity index (χ3v) is 5.55. The van der Waals surface area contributed by atoms with Crippen LogP contribution in [-0.4, -0.2) is 75.7 Å². The number of hydrogen-bond acceptors (Lipinski definition) is 8. The Hall–Kier alpha value is -3.71. The molecule has 0 radical (unpaired) electrons. The molecule has 0 saturated carbocycles. The highest BCUT2D eigenvalue weighted by molar-refractivity contribution is 5.94. The van der Waals surface area contributed by atoms with Gasteiger partial charge in [0.25, 0.3) is 0 Å². The lowest BCUT2D eigenvalue weighted by Crippen LogP contribution is -2.58. The smallest absolute Gasteiger partial charge is 0.326 e. The highest BCUT2D eigenvalue weighted by Crippen LogP contribution is 2.12. The Bertz CT molecular complexity index is 938. The molecule has 0 aliphatic carbocycles. The lowest BCUT2D eigenvalue weighted by atomic mass is 10.0. The predicted octanol–water partition coefficient (Wildman–Crippen LogP) is -0.939. The Kier molecular flexibility index (Phi) is 13.0. The van der Waals surface area contributed by atoms with Crippen LogP contribution in [0.25, 0.3) is 0 Å². The van der Waals surface area contributed by atoms with Gasteiger partial charge in [-0.25, -0.2) is 4.79 Å². The lowest BCUT2D eigenvalue weighted by Gasteiger charge is -2.27. The summed E-state index contributed by atoms with van der Waals surface area (Å²) >= 11 is 0. The van der Waals surface area contributed by atoms with E-state index in [0.717, 1.165) is 0 Å². The van der Waals surface area contributed by atoms with Gasteiger partial charge in [-0.3, -0.25) is 19.2 Å². The van der Waals surface area contributed by atoms with E-state index in [4.69, 9.17) is 16.6 Å². The van der Waals surface area contributed by atoms with E-state index in [1.807, 2.05) is 0 Å². The number of phenolic OH excluding ortho intramolecular Hbond substituents is 1. The van der Waals surface area contributed by atoms with Gasteiger partial charge < -0.3 is 42.7 Å². The molecule has 0 saturated heterocycles. The maximum atomic E-state index is 13.1. The number of aliphatic carboxylic acids is 2. The Labute approximate surface area is 215 Å². The van der Waals surface area contributed by atoms with Crippen molar-refractivity contribution in [3.05, 3.63) is 29.8 Å². The lowest BCUT2D eigenvalue weighted by molar-refractivity contribution is -0.147. The number of carbonyl (C=O) groups is 5. The summed E-state index contributed by atoms with van der Waals surface area (Å²) in [6.07, 6.45) is 0.615. The largest absolute Gasteiger partial charge is 0.508 e. The van der Waals surface area contributed by atoms with Gasteiger partial charge in [-0.05, 0) is 55.8 Å². The zero-order valence-corrected chi connectivity index (χ0v) is 21.0. The molecule has 10 N–H and O–H groups in total. The molecular formula is C24H37N5O8. The second kappa shape index (κ2) is 15.4. The number of carbonyl (C=O) groups excluding carboxylic acids is 3. The molecule has 0 fully saturated rings. The number of benzene rings is 1. The van der Waals surface area contributed by atoms with Crippen LogP contribution in [0.2, 0.25) is 0 Å². The van der Waals surface area contributed by atoms with Crippen LogP contribution in [0.4, 0.5) is 0 Å². The molecule has 0 spiro atoms. The van der Waals surface area contributed by atoms with E-state index in [1.165, 1.54) is 12.1 Å². The molecule has 0 aliphatic heterocycles. The maximum absolute atomic E-state index is 13.1. The third-order valence-electron chi connectivity index (χ3n) is 5.55. The van der Waals surface area contributed by atoms with Crippen molar-refractivity contribution in [1.29, 1.82) is 0 Å². The highest BCUT2D eigenvalue weighted by atomic mass is 16.4. The van der Waals surface area contributed by atoms with Crippen molar-refractivity contribution in [2.45, 2.75) is 70.1 Å². The Morgan fingerprint density at radius 2 is 1.46 bits per heavy atom. The van der Waals surface area contributed by atoms with Gasteiger partial charge in [0, 0.05) is 0 Å². The van der Waals surface area contributed by atoms with Gasteiger partial charge in [-0.1, -0.05) is 26.0 Å². The standard InChI is InChI=1S/C24H37N5O8/c1-13(2)20(23(35)28-18(24(36)37)12-19(31)32)29-22(34)17(5-3-4-10-25)27-21(33)16(26)11-14-6-8-15(30)9-7-14/h6-9,13,16-18,20,30H,3-5,10-12,25-26H2,1-2H3,(H,27,33)(H,28,35)(H,29,34)(H,31,32)(H,36,37). The van der Waals surface area contributed by atoms with E-state index in [2.05, 4.69) is 16.0 Å². The van der Waals surface area contributed by atoms with E-state index in [9.17, 15) is 34.2 Å². The average Bonchev–Trinajstić information content (AvgIpc) is 2.82. The second-order valence-electron chi connectivity index (χ2n) is 9.05. The molecule has 4 unspecified atom stereocenters. The predicted molar refractivity (Wildman–Crippen MR) is 133 cm³/mol. The summed E-state index contributed by atoms with van der Waals surface area (Å²) in [5, 5.41) is 34.8. The minimum Gasteiger partial charge on any atom is -0.508 e. The number of carboxylic acid groups (broad SMARTS) is 2. The summed E-state index contributed by atoms with van der Waals surface area (Å²) < 4.78 is 0. The SMILES string of the molecule is CC(C)C(NC(=O)C(CCCCN)NC(=O)C(N)Cc1ccc(O)cc1)C(=O)NC(CC(=O)O)C(=O)O. The van der Waals surface area contributed by atoms with Crippen molar-refractivity contribution in [2.24, 2.45) is 17.4 Å². The van der Waals surface area contributed by atoms with Crippen LogP contribution in [-0.2, 0) is 30.4 Å². The molecule has 0 bridgehead atoms. The number of aromatic hydroxyl groups is 1. The number of unbranched alkanes of at least 4 members (excludes halogenated alkanes) is 1. The summed E-state index contributed by atoms with van der Waals surface area (Å²) in [6, 6.07) is 1.25. The average molecular weight is 524 g/mol. The first-order valence-electron chi connectivity index (χ1n) is 11.9. The van der Waals surface area contributed by atoms with Crippen molar-refractivity contribution in [2.75, 3.05) is 6.54 Å². The molecule has 13 heteroatoms. The first kappa shape index (κ1) is 31.3. The van der Waals surface area contributed by atoms with E-state index in [0.29, 0.717) is 24.9 Å². The zero-order valence-electron chi connectivity index (χ0n) is 21.0. The molecule has 3 amide bonds. The van der Waals surface area contributed by atoms with Crippen LogP contribution in [0.1, 0.15) is 45.1 Å². The van der Waals surface area contributed by atoms with Gasteiger partial charge in [0.2, 0.25) is 17.7 Å². The molecule has 0 aliphatic rings. The van der Waals surface area contributed by atoms with Crippen LogP contribution >= 0.6 is 0 Å². The van der Waals surface area contributed by atoms with Gasteiger partial charge in [0.05, 0.1) is 12.5 Å². The molecule has 1 rings (SSSR count). The van der Waals surface area contributed by atoms with Gasteiger partial charge >= 0.3 is 11.9 Å². The quantitative estimate of drug-likeness (QED) is 0.124. The first-order chi connectivity index (χ1) is 17.3. The van der Waals surface area contributed by atoms with E-state index in [-0.39, 0.29) is 18.6 Å². The van der Waals surface area contributed by atoms with Crippen LogP contribution < -0.4 is 27.4 Å². The molecule has 4 atom stereocenters. The topological polar surface area (TPSA) is 234 Å². The maximum Gasteiger partial charge on any atom is 0.326 e. The normalized spacial score (nSPS) is 14.2. The van der Waals surface area contributed by atoms with Gasteiger partial charge in [0.1, 0.15) is 23.9 Å². The summed E-state index contributed by atoms with van der Waals surface area (Å²) in [5.74, 6) is -5.50. The van der Waals surface area contributed by atoms with Crippen LogP contribution in [0, 0.1) is 5.92 Å². The van der Waals surface area contributed by atoms with Gasteiger partial charge in [-0.2, -0.15) is 0 Å². The Balaban J connectivity index is 2.94. The monoisotopic (exact) mass is 523 g/mol. The molecule has 206 valence electrons. The van der Waals surface area contributed by atoms with E-state index in [1.54, 1.807) is 26.0 Å². The number of nitrogens with two attached hydrogens (primary N) is 2. The van der Waals surface area contributed by atoms with E-state index < -0.39 is 66.2 Å². The van der Waals surface area contributed by atoms with Crippen LogP contribution in [0.3, 0.4) is 0 Å². The highest BCUT2D eigenvalue weighted by Gasteiger charge is 2.32. The molecule has 13 nitrogen and oxygen atoms in total. The van der Waals surface area contributed by atoms with Crippen molar-refractivity contribution in [3.63, 3.8) is 0 Å². The molecule has 1 aromatic rings.